The van der Waals surface area contributed by atoms with E-state index in [0.29, 0.717) is 6.42 Å². The fourth-order valence-corrected chi connectivity index (χ4v) is 1.77. The van der Waals surface area contributed by atoms with E-state index in [0.717, 1.165) is 11.3 Å². The van der Waals surface area contributed by atoms with Gasteiger partial charge in [-0.05, 0) is 30.9 Å². The van der Waals surface area contributed by atoms with Crippen LogP contribution in [0, 0.1) is 0 Å². The molecule has 0 heterocycles. The van der Waals surface area contributed by atoms with Crippen molar-refractivity contribution in [1.82, 2.24) is 0 Å². The Balaban J connectivity index is 2.93. The SMILES string of the molecule is COc1cc(SC)ccc1CC(C)O. The number of rotatable bonds is 4. The summed E-state index contributed by atoms with van der Waals surface area (Å²) in [5.41, 5.74) is 1.06. The molecule has 0 aliphatic carbocycles. The molecule has 1 unspecified atom stereocenters. The van der Waals surface area contributed by atoms with Crippen LogP contribution in [-0.4, -0.2) is 24.6 Å². The summed E-state index contributed by atoms with van der Waals surface area (Å²) < 4.78 is 5.26. The molecule has 78 valence electrons. The monoisotopic (exact) mass is 212 g/mol. The van der Waals surface area contributed by atoms with E-state index in [2.05, 4.69) is 0 Å². The van der Waals surface area contributed by atoms with E-state index >= 15 is 0 Å². The summed E-state index contributed by atoms with van der Waals surface area (Å²) in [6.45, 7) is 1.78. The van der Waals surface area contributed by atoms with Crippen LogP contribution in [0.1, 0.15) is 12.5 Å². The average Bonchev–Trinajstić information content (AvgIpc) is 2.17. The lowest BCUT2D eigenvalue weighted by Crippen LogP contribution is -2.05. The van der Waals surface area contributed by atoms with Crippen LogP contribution in [0.3, 0.4) is 0 Å². The third-order valence-corrected chi connectivity index (χ3v) is 2.73. The zero-order chi connectivity index (χ0) is 10.6. The normalized spacial score (nSPS) is 12.6. The summed E-state index contributed by atoms with van der Waals surface area (Å²) in [6.07, 6.45) is 2.34. The van der Waals surface area contributed by atoms with Gasteiger partial charge in [0.2, 0.25) is 0 Å². The maximum Gasteiger partial charge on any atom is 0.123 e. The largest absolute Gasteiger partial charge is 0.496 e. The van der Waals surface area contributed by atoms with Crippen molar-refractivity contribution < 1.29 is 9.84 Å². The van der Waals surface area contributed by atoms with Crippen molar-refractivity contribution in [2.24, 2.45) is 0 Å². The van der Waals surface area contributed by atoms with Gasteiger partial charge in [0.1, 0.15) is 5.75 Å². The summed E-state index contributed by atoms with van der Waals surface area (Å²) in [7, 11) is 1.66. The molecule has 0 aliphatic heterocycles. The third-order valence-electron chi connectivity index (χ3n) is 2.01. The van der Waals surface area contributed by atoms with Crippen LogP contribution in [0.15, 0.2) is 23.1 Å². The van der Waals surface area contributed by atoms with E-state index in [1.807, 2.05) is 24.5 Å². The summed E-state index contributed by atoms with van der Waals surface area (Å²) >= 11 is 1.68. The smallest absolute Gasteiger partial charge is 0.123 e. The minimum atomic E-state index is -0.330. The Hall–Kier alpha value is -0.670. The molecule has 0 spiro atoms. The number of aliphatic hydroxyl groups is 1. The molecule has 1 rings (SSSR count). The number of ether oxygens (including phenoxy) is 1. The predicted molar refractivity (Wildman–Crippen MR) is 60.2 cm³/mol. The number of methoxy groups -OCH3 is 1. The molecule has 0 saturated carbocycles. The van der Waals surface area contributed by atoms with E-state index in [-0.39, 0.29) is 6.10 Å². The van der Waals surface area contributed by atoms with E-state index in [1.54, 1.807) is 25.8 Å². The standard InChI is InChI=1S/C11H16O2S/c1-8(12)6-9-4-5-10(14-3)7-11(9)13-2/h4-5,7-8,12H,6H2,1-3H3. The minimum absolute atomic E-state index is 0.330. The molecule has 1 atom stereocenters. The number of hydrogen-bond donors (Lipinski definition) is 1. The Morgan fingerprint density at radius 2 is 2.21 bits per heavy atom. The summed E-state index contributed by atoms with van der Waals surface area (Å²) in [5.74, 6) is 0.859. The zero-order valence-corrected chi connectivity index (χ0v) is 9.60. The molecule has 1 aromatic carbocycles. The molecule has 3 heteroatoms. The number of hydrogen-bond acceptors (Lipinski definition) is 3. The summed E-state index contributed by atoms with van der Waals surface area (Å²) in [4.78, 5) is 1.18. The molecular formula is C11H16O2S. The van der Waals surface area contributed by atoms with Gasteiger partial charge < -0.3 is 9.84 Å². The lowest BCUT2D eigenvalue weighted by atomic mass is 10.1. The van der Waals surface area contributed by atoms with Crippen LogP contribution >= 0.6 is 11.8 Å². The highest BCUT2D eigenvalue weighted by Gasteiger charge is 2.06. The fourth-order valence-electron chi connectivity index (χ4n) is 1.34. The summed E-state index contributed by atoms with van der Waals surface area (Å²) in [5, 5.41) is 9.29. The van der Waals surface area contributed by atoms with Crippen LogP contribution in [0.2, 0.25) is 0 Å². The number of thioether (sulfide) groups is 1. The fraction of sp³-hybridized carbons (Fsp3) is 0.455. The Labute approximate surface area is 89.3 Å². The topological polar surface area (TPSA) is 29.5 Å². The van der Waals surface area contributed by atoms with Crippen LogP contribution in [0.25, 0.3) is 0 Å². The van der Waals surface area contributed by atoms with Gasteiger partial charge >= 0.3 is 0 Å². The second-order valence-corrected chi connectivity index (χ2v) is 4.11. The van der Waals surface area contributed by atoms with Crippen molar-refractivity contribution in [2.75, 3.05) is 13.4 Å². The molecule has 14 heavy (non-hydrogen) atoms. The number of aliphatic hydroxyl groups excluding tert-OH is 1. The zero-order valence-electron chi connectivity index (χ0n) is 8.78. The van der Waals surface area contributed by atoms with Crippen molar-refractivity contribution in [3.63, 3.8) is 0 Å². The van der Waals surface area contributed by atoms with Crippen LogP contribution in [0.4, 0.5) is 0 Å². The molecule has 0 radical (unpaired) electrons. The van der Waals surface area contributed by atoms with Gasteiger partial charge in [-0.2, -0.15) is 0 Å². The Morgan fingerprint density at radius 3 is 2.71 bits per heavy atom. The molecule has 0 bridgehead atoms. The maximum atomic E-state index is 9.29. The highest BCUT2D eigenvalue weighted by Crippen LogP contribution is 2.26. The van der Waals surface area contributed by atoms with Gasteiger partial charge in [0, 0.05) is 11.3 Å². The van der Waals surface area contributed by atoms with Gasteiger partial charge in [0.25, 0.3) is 0 Å². The van der Waals surface area contributed by atoms with Gasteiger partial charge in [-0.15, -0.1) is 11.8 Å². The Kier molecular flexibility index (Phi) is 4.29. The van der Waals surface area contributed by atoms with Gasteiger partial charge in [0.05, 0.1) is 13.2 Å². The minimum Gasteiger partial charge on any atom is -0.496 e. The first-order valence-corrected chi connectivity index (χ1v) is 5.78. The molecule has 0 aromatic heterocycles. The van der Waals surface area contributed by atoms with Crippen molar-refractivity contribution in [3.8, 4) is 5.75 Å². The molecule has 1 aromatic rings. The predicted octanol–water partition coefficient (Wildman–Crippen LogP) is 2.34. The van der Waals surface area contributed by atoms with Crippen LogP contribution in [0.5, 0.6) is 5.75 Å². The first-order valence-electron chi connectivity index (χ1n) is 4.56. The quantitative estimate of drug-likeness (QED) is 0.777. The van der Waals surface area contributed by atoms with Crippen molar-refractivity contribution >= 4 is 11.8 Å². The maximum absolute atomic E-state index is 9.29. The molecule has 0 aliphatic rings. The molecular weight excluding hydrogens is 196 g/mol. The second kappa shape index (κ2) is 5.27. The lowest BCUT2D eigenvalue weighted by molar-refractivity contribution is 0.194. The average molecular weight is 212 g/mol. The first-order chi connectivity index (χ1) is 6.67. The molecule has 1 N–H and O–H groups in total. The highest BCUT2D eigenvalue weighted by atomic mass is 32.2. The van der Waals surface area contributed by atoms with Gasteiger partial charge in [-0.25, -0.2) is 0 Å². The van der Waals surface area contributed by atoms with Crippen molar-refractivity contribution in [3.05, 3.63) is 23.8 Å². The molecule has 0 saturated heterocycles. The Morgan fingerprint density at radius 1 is 1.50 bits per heavy atom. The van der Waals surface area contributed by atoms with Gasteiger partial charge in [0.15, 0.2) is 0 Å². The molecule has 2 nitrogen and oxygen atoms in total. The van der Waals surface area contributed by atoms with E-state index in [9.17, 15) is 5.11 Å². The highest BCUT2D eigenvalue weighted by molar-refractivity contribution is 7.98. The van der Waals surface area contributed by atoms with E-state index in [1.165, 1.54) is 4.90 Å². The second-order valence-electron chi connectivity index (χ2n) is 3.23. The van der Waals surface area contributed by atoms with Crippen LogP contribution in [-0.2, 0) is 6.42 Å². The first kappa shape index (κ1) is 11.4. The summed E-state index contributed by atoms with van der Waals surface area (Å²) in [6, 6.07) is 6.06. The van der Waals surface area contributed by atoms with Crippen molar-refractivity contribution in [2.45, 2.75) is 24.3 Å². The van der Waals surface area contributed by atoms with E-state index in [4.69, 9.17) is 4.74 Å². The van der Waals surface area contributed by atoms with Crippen molar-refractivity contribution in [1.29, 1.82) is 0 Å². The third kappa shape index (κ3) is 2.93. The van der Waals surface area contributed by atoms with E-state index < -0.39 is 0 Å². The van der Waals surface area contributed by atoms with Crippen LogP contribution < -0.4 is 4.74 Å². The molecule has 0 fully saturated rings. The molecule has 0 amide bonds. The Bertz CT molecular complexity index is 297. The van der Waals surface area contributed by atoms with Gasteiger partial charge in [-0.3, -0.25) is 0 Å². The van der Waals surface area contributed by atoms with Gasteiger partial charge in [-0.1, -0.05) is 6.07 Å². The lowest BCUT2D eigenvalue weighted by Gasteiger charge is -2.11. The number of benzene rings is 1.